The third-order valence-electron chi connectivity index (χ3n) is 2.43. The average molecular weight is 208 g/mol. The normalized spacial score (nSPS) is 18.1. The summed E-state index contributed by atoms with van der Waals surface area (Å²) in [5.41, 5.74) is -0.0383. The van der Waals surface area contributed by atoms with Crippen LogP contribution in [0.1, 0.15) is 34.7 Å². The number of carboxylic acid groups (broad SMARTS) is 1. The SMILES string of the molecule is CC1(C)Cn2ccc(C(=O)O)c2C(=O)N1. The van der Waals surface area contributed by atoms with Crippen LogP contribution >= 0.6 is 0 Å². The molecule has 0 atom stereocenters. The zero-order valence-corrected chi connectivity index (χ0v) is 8.57. The van der Waals surface area contributed by atoms with Gasteiger partial charge in [0.05, 0.1) is 11.1 Å². The number of carbonyl (C=O) groups excluding carboxylic acids is 1. The molecule has 0 bridgehead atoms. The van der Waals surface area contributed by atoms with E-state index in [9.17, 15) is 9.59 Å². The Morgan fingerprint density at radius 2 is 2.27 bits per heavy atom. The molecule has 5 nitrogen and oxygen atoms in total. The molecule has 80 valence electrons. The van der Waals surface area contributed by atoms with E-state index in [1.54, 1.807) is 10.8 Å². The molecule has 0 aliphatic carbocycles. The Morgan fingerprint density at radius 3 is 2.87 bits per heavy atom. The van der Waals surface area contributed by atoms with Crippen molar-refractivity contribution in [2.45, 2.75) is 25.9 Å². The van der Waals surface area contributed by atoms with E-state index < -0.39 is 5.97 Å². The molecular weight excluding hydrogens is 196 g/mol. The molecule has 0 radical (unpaired) electrons. The fourth-order valence-corrected chi connectivity index (χ4v) is 1.86. The second-order valence-electron chi connectivity index (χ2n) is 4.35. The minimum Gasteiger partial charge on any atom is -0.478 e. The smallest absolute Gasteiger partial charge is 0.338 e. The summed E-state index contributed by atoms with van der Waals surface area (Å²) in [4.78, 5) is 22.5. The summed E-state index contributed by atoms with van der Waals surface area (Å²) in [6.07, 6.45) is 1.64. The van der Waals surface area contributed by atoms with Gasteiger partial charge >= 0.3 is 5.97 Å². The van der Waals surface area contributed by atoms with E-state index >= 15 is 0 Å². The van der Waals surface area contributed by atoms with E-state index in [1.165, 1.54) is 6.07 Å². The van der Waals surface area contributed by atoms with Gasteiger partial charge in [-0.1, -0.05) is 0 Å². The van der Waals surface area contributed by atoms with Gasteiger partial charge in [-0.2, -0.15) is 0 Å². The minimum atomic E-state index is -1.07. The molecule has 2 rings (SSSR count). The first-order valence-electron chi connectivity index (χ1n) is 4.66. The number of carboxylic acids is 1. The van der Waals surface area contributed by atoms with Gasteiger partial charge in [-0.3, -0.25) is 4.79 Å². The van der Waals surface area contributed by atoms with Crippen LogP contribution in [0.2, 0.25) is 0 Å². The van der Waals surface area contributed by atoms with Crippen LogP contribution in [0, 0.1) is 0 Å². The maximum Gasteiger partial charge on any atom is 0.338 e. The third-order valence-corrected chi connectivity index (χ3v) is 2.43. The molecule has 0 aromatic carbocycles. The highest BCUT2D eigenvalue weighted by Crippen LogP contribution is 2.20. The van der Waals surface area contributed by atoms with Crippen molar-refractivity contribution in [3.63, 3.8) is 0 Å². The molecule has 15 heavy (non-hydrogen) atoms. The highest BCUT2D eigenvalue weighted by Gasteiger charge is 2.33. The molecule has 5 heteroatoms. The van der Waals surface area contributed by atoms with Crippen LogP contribution < -0.4 is 5.32 Å². The Balaban J connectivity index is 2.53. The molecule has 1 amide bonds. The quantitative estimate of drug-likeness (QED) is 0.713. The number of rotatable bonds is 1. The lowest BCUT2D eigenvalue weighted by Crippen LogP contribution is -2.51. The van der Waals surface area contributed by atoms with Gasteiger partial charge in [0.25, 0.3) is 5.91 Å². The molecule has 1 aliphatic rings. The van der Waals surface area contributed by atoms with Crippen molar-refractivity contribution in [1.29, 1.82) is 0 Å². The lowest BCUT2D eigenvalue weighted by Gasteiger charge is -2.32. The van der Waals surface area contributed by atoms with Gasteiger partial charge in [-0.15, -0.1) is 0 Å². The van der Waals surface area contributed by atoms with E-state index in [2.05, 4.69) is 5.32 Å². The van der Waals surface area contributed by atoms with Crippen LogP contribution in [-0.2, 0) is 6.54 Å². The number of fused-ring (bicyclic) bond motifs is 1. The summed E-state index contributed by atoms with van der Waals surface area (Å²) in [5, 5.41) is 11.7. The lowest BCUT2D eigenvalue weighted by molar-refractivity contribution is 0.0684. The maximum absolute atomic E-state index is 11.7. The summed E-state index contributed by atoms with van der Waals surface area (Å²) in [5.74, 6) is -1.40. The van der Waals surface area contributed by atoms with Gasteiger partial charge in [0.1, 0.15) is 5.69 Å². The minimum absolute atomic E-state index is 0.0583. The van der Waals surface area contributed by atoms with Crippen LogP contribution in [-0.4, -0.2) is 27.1 Å². The molecule has 0 spiro atoms. The topological polar surface area (TPSA) is 71.3 Å². The molecule has 1 aliphatic heterocycles. The summed E-state index contributed by atoms with van der Waals surface area (Å²) < 4.78 is 1.68. The van der Waals surface area contributed by atoms with Crippen LogP contribution in [0.4, 0.5) is 0 Å². The van der Waals surface area contributed by atoms with Crippen LogP contribution in [0.3, 0.4) is 0 Å². The van der Waals surface area contributed by atoms with E-state index in [4.69, 9.17) is 5.11 Å². The van der Waals surface area contributed by atoms with E-state index in [1.807, 2.05) is 13.8 Å². The Hall–Kier alpha value is -1.78. The second-order valence-corrected chi connectivity index (χ2v) is 4.35. The van der Waals surface area contributed by atoms with Crippen LogP contribution in [0.5, 0.6) is 0 Å². The Bertz CT molecular complexity index is 446. The Labute approximate surface area is 86.7 Å². The van der Waals surface area contributed by atoms with Crippen LogP contribution in [0.15, 0.2) is 12.3 Å². The summed E-state index contributed by atoms with van der Waals surface area (Å²) >= 11 is 0. The fraction of sp³-hybridized carbons (Fsp3) is 0.400. The summed E-state index contributed by atoms with van der Waals surface area (Å²) in [7, 11) is 0. The highest BCUT2D eigenvalue weighted by molar-refractivity contribution is 6.04. The molecule has 1 aromatic heterocycles. The molecule has 0 fully saturated rings. The fourth-order valence-electron chi connectivity index (χ4n) is 1.86. The average Bonchev–Trinajstić information content (AvgIpc) is 2.45. The van der Waals surface area contributed by atoms with Crippen molar-refractivity contribution in [1.82, 2.24) is 9.88 Å². The molecule has 0 unspecified atom stereocenters. The predicted octanol–water partition coefficient (Wildman–Crippen LogP) is 0.708. The first kappa shape index (κ1) is 9.76. The van der Waals surface area contributed by atoms with Crippen LogP contribution in [0.25, 0.3) is 0 Å². The number of hydrogen-bond acceptors (Lipinski definition) is 2. The zero-order chi connectivity index (χ0) is 11.2. The van der Waals surface area contributed by atoms with Crippen molar-refractivity contribution >= 4 is 11.9 Å². The van der Waals surface area contributed by atoms with Crippen molar-refractivity contribution in [2.24, 2.45) is 0 Å². The molecule has 2 N–H and O–H groups in total. The van der Waals surface area contributed by atoms with Crippen molar-refractivity contribution < 1.29 is 14.7 Å². The van der Waals surface area contributed by atoms with Crippen molar-refractivity contribution in [3.8, 4) is 0 Å². The monoisotopic (exact) mass is 208 g/mol. The van der Waals surface area contributed by atoms with Gasteiger partial charge in [0.2, 0.25) is 0 Å². The third kappa shape index (κ3) is 1.49. The number of hydrogen-bond donors (Lipinski definition) is 2. The zero-order valence-electron chi connectivity index (χ0n) is 8.57. The van der Waals surface area contributed by atoms with Crippen molar-refractivity contribution in [3.05, 3.63) is 23.5 Å². The molecule has 0 saturated carbocycles. The predicted molar refractivity (Wildman–Crippen MR) is 52.9 cm³/mol. The van der Waals surface area contributed by atoms with Gasteiger partial charge in [0, 0.05) is 12.7 Å². The number of aromatic carboxylic acids is 1. The summed E-state index contributed by atoms with van der Waals surface area (Å²) in [6, 6.07) is 1.46. The first-order valence-corrected chi connectivity index (χ1v) is 4.66. The molecule has 0 saturated heterocycles. The molecule has 1 aromatic rings. The van der Waals surface area contributed by atoms with Gasteiger partial charge < -0.3 is 15.0 Å². The second kappa shape index (κ2) is 2.85. The van der Waals surface area contributed by atoms with Gasteiger partial charge in [0.15, 0.2) is 0 Å². The lowest BCUT2D eigenvalue weighted by atomic mass is 10.0. The number of nitrogens with zero attached hydrogens (tertiary/aromatic N) is 1. The van der Waals surface area contributed by atoms with Gasteiger partial charge in [-0.05, 0) is 19.9 Å². The Morgan fingerprint density at radius 1 is 1.60 bits per heavy atom. The largest absolute Gasteiger partial charge is 0.478 e. The number of amides is 1. The Kier molecular flexibility index (Phi) is 1.86. The van der Waals surface area contributed by atoms with E-state index in [0.29, 0.717) is 6.54 Å². The number of aromatic nitrogens is 1. The molecule has 2 heterocycles. The maximum atomic E-state index is 11.7. The highest BCUT2D eigenvalue weighted by atomic mass is 16.4. The number of nitrogens with one attached hydrogen (secondary N) is 1. The standard InChI is InChI=1S/C10H12N2O3/c1-10(2)5-12-4-3-6(9(14)15)7(12)8(13)11-10/h3-4H,5H2,1-2H3,(H,11,13)(H,14,15). The van der Waals surface area contributed by atoms with E-state index in [0.717, 1.165) is 0 Å². The number of carbonyl (C=O) groups is 2. The van der Waals surface area contributed by atoms with E-state index in [-0.39, 0.29) is 22.7 Å². The molecular formula is C10H12N2O3. The van der Waals surface area contributed by atoms with Gasteiger partial charge in [-0.25, -0.2) is 4.79 Å². The summed E-state index contributed by atoms with van der Waals surface area (Å²) in [6.45, 7) is 4.38. The van der Waals surface area contributed by atoms with Crippen molar-refractivity contribution in [2.75, 3.05) is 0 Å². The first-order chi connectivity index (χ1) is 6.91.